The first-order valence-electron chi connectivity index (χ1n) is 6.29. The number of carbonyl (C=O) groups is 1. The largest absolute Gasteiger partial charge is 0.350 e. The van der Waals surface area contributed by atoms with E-state index in [1.165, 1.54) is 0 Å². The van der Waals surface area contributed by atoms with Gasteiger partial charge in [0, 0.05) is 19.3 Å². The van der Waals surface area contributed by atoms with Crippen molar-refractivity contribution in [3.05, 3.63) is 23.5 Å². The van der Waals surface area contributed by atoms with Crippen molar-refractivity contribution in [2.45, 2.75) is 19.8 Å². The summed E-state index contributed by atoms with van der Waals surface area (Å²) in [7, 11) is 1.93. The summed E-state index contributed by atoms with van der Waals surface area (Å²) in [4.78, 5) is 12.0. The van der Waals surface area contributed by atoms with Crippen LogP contribution in [0.25, 0.3) is 0 Å². The molecule has 1 aliphatic rings. The monoisotopic (exact) mass is 235 g/mol. The molecule has 0 unspecified atom stereocenters. The Labute approximate surface area is 102 Å². The average Bonchev–Trinajstić information content (AvgIpc) is 2.69. The summed E-state index contributed by atoms with van der Waals surface area (Å²) in [6, 6.07) is 3.85. The van der Waals surface area contributed by atoms with Gasteiger partial charge in [0.05, 0.1) is 0 Å². The van der Waals surface area contributed by atoms with Crippen LogP contribution in [0.15, 0.2) is 12.1 Å². The van der Waals surface area contributed by atoms with Crippen LogP contribution in [-0.2, 0) is 7.05 Å². The minimum atomic E-state index is 0.0409. The first-order valence-corrected chi connectivity index (χ1v) is 6.29. The summed E-state index contributed by atoms with van der Waals surface area (Å²) in [5, 5.41) is 6.36. The lowest BCUT2D eigenvalue weighted by Gasteiger charge is -2.22. The number of hydrogen-bond donors (Lipinski definition) is 2. The lowest BCUT2D eigenvalue weighted by atomic mass is 9.98. The Kier molecular flexibility index (Phi) is 3.84. The molecule has 2 N–H and O–H groups in total. The lowest BCUT2D eigenvalue weighted by molar-refractivity contribution is 0.0936. The molecule has 1 amide bonds. The normalized spacial score (nSPS) is 17.1. The van der Waals surface area contributed by atoms with Gasteiger partial charge in [-0.2, -0.15) is 0 Å². The zero-order valence-electron chi connectivity index (χ0n) is 10.6. The second kappa shape index (κ2) is 5.36. The molecule has 0 aliphatic carbocycles. The third-order valence-electron chi connectivity index (χ3n) is 3.62. The molecule has 1 fully saturated rings. The average molecular weight is 235 g/mol. The van der Waals surface area contributed by atoms with Crippen molar-refractivity contribution in [2.24, 2.45) is 13.0 Å². The fraction of sp³-hybridized carbons (Fsp3) is 0.615. The number of aromatic nitrogens is 1. The molecule has 1 aromatic rings. The Balaban J connectivity index is 1.86. The molecule has 0 spiro atoms. The molecule has 4 nitrogen and oxygen atoms in total. The standard InChI is InChI=1S/C13H21N3O/c1-10-3-4-12(16(10)2)13(17)15-9-11-5-7-14-8-6-11/h3-4,11,14H,5-9H2,1-2H3,(H,15,17). The molecule has 94 valence electrons. The van der Waals surface area contributed by atoms with Crippen LogP contribution < -0.4 is 10.6 Å². The summed E-state index contributed by atoms with van der Waals surface area (Å²) < 4.78 is 1.93. The van der Waals surface area contributed by atoms with E-state index < -0.39 is 0 Å². The highest BCUT2D eigenvalue weighted by Crippen LogP contribution is 2.11. The molecule has 2 heterocycles. The Morgan fingerprint density at radius 2 is 2.18 bits per heavy atom. The molecule has 1 saturated heterocycles. The molecule has 4 heteroatoms. The van der Waals surface area contributed by atoms with Crippen LogP contribution in [0.2, 0.25) is 0 Å². The second-order valence-corrected chi connectivity index (χ2v) is 4.82. The third kappa shape index (κ3) is 2.88. The molecule has 17 heavy (non-hydrogen) atoms. The summed E-state index contributed by atoms with van der Waals surface area (Å²) in [5.74, 6) is 0.667. The topological polar surface area (TPSA) is 46.1 Å². The molecule has 0 bridgehead atoms. The Bertz CT molecular complexity index is 391. The minimum absolute atomic E-state index is 0.0409. The fourth-order valence-corrected chi connectivity index (χ4v) is 2.25. The van der Waals surface area contributed by atoms with Crippen molar-refractivity contribution < 1.29 is 4.79 Å². The summed E-state index contributed by atoms with van der Waals surface area (Å²) >= 11 is 0. The predicted molar refractivity (Wildman–Crippen MR) is 68.1 cm³/mol. The number of rotatable bonds is 3. The molecule has 0 atom stereocenters. The maximum absolute atomic E-state index is 12.0. The lowest BCUT2D eigenvalue weighted by Crippen LogP contribution is -2.36. The van der Waals surface area contributed by atoms with Crippen molar-refractivity contribution in [2.75, 3.05) is 19.6 Å². The first-order chi connectivity index (χ1) is 8.18. The van der Waals surface area contributed by atoms with Crippen molar-refractivity contribution in [1.82, 2.24) is 15.2 Å². The quantitative estimate of drug-likeness (QED) is 0.823. The number of carbonyl (C=O) groups excluding carboxylic acids is 1. The molecule has 1 aromatic heterocycles. The highest BCUT2D eigenvalue weighted by atomic mass is 16.1. The zero-order valence-corrected chi connectivity index (χ0v) is 10.6. The van der Waals surface area contributed by atoms with Crippen LogP contribution in [0.5, 0.6) is 0 Å². The van der Waals surface area contributed by atoms with Gasteiger partial charge in [0.2, 0.25) is 0 Å². The van der Waals surface area contributed by atoms with E-state index in [1.807, 2.05) is 30.7 Å². The van der Waals surface area contributed by atoms with E-state index in [0.717, 1.165) is 43.9 Å². The van der Waals surface area contributed by atoms with Gasteiger partial charge in [0.1, 0.15) is 5.69 Å². The van der Waals surface area contributed by atoms with Gasteiger partial charge >= 0.3 is 0 Å². The molecular formula is C13H21N3O. The number of hydrogen-bond acceptors (Lipinski definition) is 2. The van der Waals surface area contributed by atoms with Gasteiger partial charge in [-0.05, 0) is 50.9 Å². The SMILES string of the molecule is Cc1ccc(C(=O)NCC2CCNCC2)n1C. The number of piperidine rings is 1. The van der Waals surface area contributed by atoms with E-state index >= 15 is 0 Å². The van der Waals surface area contributed by atoms with E-state index in [-0.39, 0.29) is 5.91 Å². The number of nitrogens with zero attached hydrogens (tertiary/aromatic N) is 1. The highest BCUT2D eigenvalue weighted by Gasteiger charge is 2.15. The number of aryl methyl sites for hydroxylation is 1. The van der Waals surface area contributed by atoms with Gasteiger partial charge in [-0.25, -0.2) is 0 Å². The Morgan fingerprint density at radius 1 is 1.47 bits per heavy atom. The van der Waals surface area contributed by atoms with Crippen molar-refractivity contribution in [1.29, 1.82) is 0 Å². The maximum Gasteiger partial charge on any atom is 0.267 e. The van der Waals surface area contributed by atoms with Gasteiger partial charge < -0.3 is 15.2 Å². The second-order valence-electron chi connectivity index (χ2n) is 4.82. The van der Waals surface area contributed by atoms with Gasteiger partial charge in [0.25, 0.3) is 5.91 Å². The van der Waals surface area contributed by atoms with Gasteiger partial charge in [-0.15, -0.1) is 0 Å². The van der Waals surface area contributed by atoms with E-state index in [4.69, 9.17) is 0 Å². The minimum Gasteiger partial charge on any atom is -0.350 e. The molecular weight excluding hydrogens is 214 g/mol. The molecule has 0 aromatic carbocycles. The third-order valence-corrected chi connectivity index (χ3v) is 3.62. The van der Waals surface area contributed by atoms with Gasteiger partial charge in [0.15, 0.2) is 0 Å². The molecule has 0 radical (unpaired) electrons. The number of nitrogens with one attached hydrogen (secondary N) is 2. The summed E-state index contributed by atoms with van der Waals surface area (Å²) in [6.45, 7) is 4.95. The Hall–Kier alpha value is -1.29. The van der Waals surface area contributed by atoms with E-state index in [1.54, 1.807) is 0 Å². The van der Waals surface area contributed by atoms with E-state index in [2.05, 4.69) is 10.6 Å². The van der Waals surface area contributed by atoms with Crippen LogP contribution in [0.4, 0.5) is 0 Å². The van der Waals surface area contributed by atoms with Gasteiger partial charge in [-0.1, -0.05) is 0 Å². The van der Waals surface area contributed by atoms with Crippen molar-refractivity contribution in [3.8, 4) is 0 Å². The summed E-state index contributed by atoms with van der Waals surface area (Å²) in [6.07, 6.45) is 2.32. The number of amides is 1. The van der Waals surface area contributed by atoms with E-state index in [9.17, 15) is 4.79 Å². The molecule has 2 rings (SSSR count). The first kappa shape index (κ1) is 12.2. The molecule has 0 saturated carbocycles. The van der Waals surface area contributed by atoms with Crippen LogP contribution in [0, 0.1) is 12.8 Å². The Morgan fingerprint density at radius 3 is 2.76 bits per heavy atom. The van der Waals surface area contributed by atoms with Crippen LogP contribution in [0.3, 0.4) is 0 Å². The van der Waals surface area contributed by atoms with Crippen molar-refractivity contribution >= 4 is 5.91 Å². The maximum atomic E-state index is 12.0. The zero-order chi connectivity index (χ0) is 12.3. The smallest absolute Gasteiger partial charge is 0.267 e. The van der Waals surface area contributed by atoms with Gasteiger partial charge in [-0.3, -0.25) is 4.79 Å². The van der Waals surface area contributed by atoms with Crippen LogP contribution >= 0.6 is 0 Å². The predicted octanol–water partition coefficient (Wildman–Crippen LogP) is 1.06. The fourth-order valence-electron chi connectivity index (χ4n) is 2.25. The molecule has 1 aliphatic heterocycles. The highest BCUT2D eigenvalue weighted by molar-refractivity contribution is 5.92. The van der Waals surface area contributed by atoms with Crippen LogP contribution in [0.1, 0.15) is 29.0 Å². The van der Waals surface area contributed by atoms with E-state index in [0.29, 0.717) is 5.92 Å². The van der Waals surface area contributed by atoms with Crippen LogP contribution in [-0.4, -0.2) is 30.1 Å². The summed E-state index contributed by atoms with van der Waals surface area (Å²) in [5.41, 5.74) is 1.86. The van der Waals surface area contributed by atoms with Crippen molar-refractivity contribution in [3.63, 3.8) is 0 Å².